The van der Waals surface area contributed by atoms with Crippen LogP contribution in [0.1, 0.15) is 25.6 Å². The van der Waals surface area contributed by atoms with E-state index in [1.165, 1.54) is 6.07 Å². The van der Waals surface area contributed by atoms with Gasteiger partial charge in [0.25, 0.3) is 0 Å². The highest BCUT2D eigenvalue weighted by Gasteiger charge is 2.11. The van der Waals surface area contributed by atoms with Gasteiger partial charge in [-0.1, -0.05) is 13.8 Å². The minimum Gasteiger partial charge on any atom is -0.436 e. The Hall–Kier alpha value is -2.24. The first-order chi connectivity index (χ1) is 8.95. The first-order valence-corrected chi connectivity index (χ1v) is 5.73. The molecule has 0 aliphatic rings. The zero-order valence-electron chi connectivity index (χ0n) is 10.5. The third-order valence-corrected chi connectivity index (χ3v) is 2.36. The molecule has 0 atom stereocenters. The Morgan fingerprint density at radius 3 is 2.58 bits per heavy atom. The van der Waals surface area contributed by atoms with Gasteiger partial charge >= 0.3 is 0 Å². The molecule has 0 aliphatic carbocycles. The number of nitrogens with zero attached hydrogens (tertiary/aromatic N) is 2. The first kappa shape index (κ1) is 13.2. The van der Waals surface area contributed by atoms with Gasteiger partial charge < -0.3 is 10.5 Å². The molecule has 0 radical (unpaired) electrons. The minimum absolute atomic E-state index is 0.0446. The number of hydrogen-bond acceptors (Lipinski definition) is 4. The van der Waals surface area contributed by atoms with E-state index < -0.39 is 11.6 Å². The molecule has 2 N–H and O–H groups in total. The van der Waals surface area contributed by atoms with Gasteiger partial charge in [0, 0.05) is 18.1 Å². The Bertz CT molecular complexity index is 602. The maximum atomic E-state index is 13.4. The second kappa shape index (κ2) is 5.17. The van der Waals surface area contributed by atoms with Crippen LogP contribution in [0.4, 0.5) is 14.6 Å². The van der Waals surface area contributed by atoms with Crippen LogP contribution in [-0.2, 0) is 0 Å². The molecule has 2 rings (SSSR count). The van der Waals surface area contributed by atoms with Crippen molar-refractivity contribution in [2.45, 2.75) is 19.8 Å². The molecule has 100 valence electrons. The molecule has 0 aliphatic heterocycles. The third-order valence-electron chi connectivity index (χ3n) is 2.36. The van der Waals surface area contributed by atoms with Crippen LogP contribution in [0.15, 0.2) is 24.3 Å². The van der Waals surface area contributed by atoms with Crippen LogP contribution in [0.2, 0.25) is 0 Å². The molecule has 0 spiro atoms. The minimum atomic E-state index is -0.676. The zero-order chi connectivity index (χ0) is 14.0. The van der Waals surface area contributed by atoms with E-state index >= 15 is 0 Å². The normalized spacial score (nSPS) is 10.8. The van der Waals surface area contributed by atoms with Gasteiger partial charge in [-0.2, -0.15) is 4.98 Å². The quantitative estimate of drug-likeness (QED) is 0.925. The summed E-state index contributed by atoms with van der Waals surface area (Å²) < 4.78 is 31.7. The van der Waals surface area contributed by atoms with Crippen molar-refractivity contribution >= 4 is 5.82 Å². The van der Waals surface area contributed by atoms with Crippen LogP contribution in [0, 0.1) is 11.6 Å². The zero-order valence-corrected chi connectivity index (χ0v) is 10.5. The molecule has 19 heavy (non-hydrogen) atoms. The molecule has 0 amide bonds. The van der Waals surface area contributed by atoms with E-state index in [4.69, 9.17) is 10.5 Å². The molecule has 0 bridgehead atoms. The number of aromatic nitrogens is 2. The van der Waals surface area contributed by atoms with Crippen molar-refractivity contribution in [2.75, 3.05) is 5.73 Å². The van der Waals surface area contributed by atoms with Gasteiger partial charge in [0.1, 0.15) is 17.5 Å². The first-order valence-electron chi connectivity index (χ1n) is 5.73. The fourth-order valence-electron chi connectivity index (χ4n) is 1.44. The summed E-state index contributed by atoms with van der Waals surface area (Å²) in [5.41, 5.74) is 5.62. The Morgan fingerprint density at radius 2 is 1.89 bits per heavy atom. The molecule has 0 fully saturated rings. The fourth-order valence-corrected chi connectivity index (χ4v) is 1.44. The van der Waals surface area contributed by atoms with Crippen LogP contribution < -0.4 is 10.5 Å². The van der Waals surface area contributed by atoms with E-state index in [1.54, 1.807) is 0 Å². The van der Waals surface area contributed by atoms with Crippen molar-refractivity contribution in [1.29, 1.82) is 0 Å². The van der Waals surface area contributed by atoms with E-state index in [1.807, 2.05) is 13.8 Å². The fraction of sp³-hybridized carbons (Fsp3) is 0.231. The van der Waals surface area contributed by atoms with Gasteiger partial charge in [0.05, 0.1) is 0 Å². The second-order valence-electron chi connectivity index (χ2n) is 4.32. The number of ether oxygens (including phenoxy) is 1. The van der Waals surface area contributed by atoms with E-state index in [2.05, 4.69) is 9.97 Å². The van der Waals surface area contributed by atoms with Crippen molar-refractivity contribution in [3.05, 3.63) is 41.7 Å². The van der Waals surface area contributed by atoms with E-state index in [0.717, 1.165) is 18.2 Å². The Balaban J connectivity index is 2.35. The molecule has 1 aromatic carbocycles. The second-order valence-corrected chi connectivity index (χ2v) is 4.32. The summed E-state index contributed by atoms with van der Waals surface area (Å²) in [5.74, 6) is -0.693. The van der Waals surface area contributed by atoms with E-state index in [-0.39, 0.29) is 23.4 Å². The van der Waals surface area contributed by atoms with Gasteiger partial charge in [-0.05, 0) is 12.1 Å². The number of anilines is 1. The lowest BCUT2D eigenvalue weighted by molar-refractivity contribution is 0.419. The molecule has 0 unspecified atom stereocenters. The highest BCUT2D eigenvalue weighted by Crippen LogP contribution is 2.25. The average Bonchev–Trinajstić information content (AvgIpc) is 2.33. The lowest BCUT2D eigenvalue weighted by Gasteiger charge is -2.09. The smallest absolute Gasteiger partial charge is 0.224 e. The summed E-state index contributed by atoms with van der Waals surface area (Å²) >= 11 is 0. The lowest BCUT2D eigenvalue weighted by atomic mass is 10.2. The highest BCUT2D eigenvalue weighted by atomic mass is 19.1. The van der Waals surface area contributed by atoms with Crippen molar-refractivity contribution in [2.24, 2.45) is 0 Å². The summed E-state index contributed by atoms with van der Waals surface area (Å²) in [5, 5.41) is 0. The monoisotopic (exact) mass is 265 g/mol. The Morgan fingerprint density at radius 1 is 1.16 bits per heavy atom. The maximum Gasteiger partial charge on any atom is 0.224 e. The average molecular weight is 265 g/mol. The third kappa shape index (κ3) is 3.15. The summed E-state index contributed by atoms with van der Waals surface area (Å²) in [6.07, 6.45) is 0. The number of benzene rings is 1. The molecule has 2 aromatic rings. The largest absolute Gasteiger partial charge is 0.436 e. The highest BCUT2D eigenvalue weighted by molar-refractivity contribution is 5.36. The van der Waals surface area contributed by atoms with Crippen LogP contribution in [0.5, 0.6) is 11.6 Å². The topological polar surface area (TPSA) is 61.0 Å². The standard InChI is InChI=1S/C13H13F2N3O/c1-7(2)13-17-11(16)6-12(18-13)19-10-5-8(14)3-4-9(10)15/h3-7H,1-2H3,(H2,16,17,18). The Kier molecular flexibility index (Phi) is 3.59. The Labute approximate surface area is 109 Å². The summed E-state index contributed by atoms with van der Waals surface area (Å²) in [6.45, 7) is 3.78. The number of hydrogen-bond donors (Lipinski definition) is 1. The van der Waals surface area contributed by atoms with Crippen LogP contribution >= 0.6 is 0 Å². The van der Waals surface area contributed by atoms with Gasteiger partial charge in [-0.3, -0.25) is 0 Å². The van der Waals surface area contributed by atoms with Gasteiger partial charge in [0.2, 0.25) is 5.88 Å². The van der Waals surface area contributed by atoms with E-state index in [0.29, 0.717) is 5.82 Å². The molecule has 6 heteroatoms. The van der Waals surface area contributed by atoms with Crippen LogP contribution in [-0.4, -0.2) is 9.97 Å². The molecule has 0 saturated heterocycles. The number of halogens is 2. The molecular formula is C13H13F2N3O. The predicted molar refractivity (Wildman–Crippen MR) is 67.0 cm³/mol. The molecular weight excluding hydrogens is 252 g/mol. The van der Waals surface area contributed by atoms with Crippen LogP contribution in [0.3, 0.4) is 0 Å². The summed E-state index contributed by atoms with van der Waals surface area (Å²) in [6, 6.07) is 4.30. The van der Waals surface area contributed by atoms with E-state index in [9.17, 15) is 8.78 Å². The maximum absolute atomic E-state index is 13.4. The number of rotatable bonds is 3. The molecule has 1 aromatic heterocycles. The number of nitrogen functional groups attached to an aromatic ring is 1. The SMILES string of the molecule is CC(C)c1nc(N)cc(Oc2cc(F)ccc2F)n1. The lowest BCUT2D eigenvalue weighted by Crippen LogP contribution is -2.03. The van der Waals surface area contributed by atoms with Gasteiger partial charge in [0.15, 0.2) is 11.6 Å². The van der Waals surface area contributed by atoms with Crippen molar-refractivity contribution in [3.63, 3.8) is 0 Å². The molecule has 0 saturated carbocycles. The predicted octanol–water partition coefficient (Wildman–Crippen LogP) is 3.25. The molecule has 1 heterocycles. The summed E-state index contributed by atoms with van der Waals surface area (Å²) in [4.78, 5) is 8.13. The van der Waals surface area contributed by atoms with Gasteiger partial charge in [-0.25, -0.2) is 13.8 Å². The van der Waals surface area contributed by atoms with Gasteiger partial charge in [-0.15, -0.1) is 0 Å². The van der Waals surface area contributed by atoms with Crippen molar-refractivity contribution < 1.29 is 13.5 Å². The number of nitrogens with two attached hydrogens (primary N) is 1. The summed E-state index contributed by atoms with van der Waals surface area (Å²) in [7, 11) is 0. The molecule has 4 nitrogen and oxygen atoms in total. The van der Waals surface area contributed by atoms with Crippen molar-refractivity contribution in [3.8, 4) is 11.6 Å². The van der Waals surface area contributed by atoms with Crippen molar-refractivity contribution in [1.82, 2.24) is 9.97 Å². The van der Waals surface area contributed by atoms with Crippen LogP contribution in [0.25, 0.3) is 0 Å².